The molecule has 1 aliphatic carbocycles. The Kier molecular flexibility index (Phi) is 3.92. The number of carbonyl (C=O) groups excluding carboxylic acids is 2. The molecule has 4 heteroatoms. The van der Waals surface area contributed by atoms with Crippen molar-refractivity contribution in [2.45, 2.75) is 54.4 Å². The van der Waals surface area contributed by atoms with Crippen LogP contribution in [0.4, 0.5) is 10.1 Å². The van der Waals surface area contributed by atoms with Gasteiger partial charge in [0.15, 0.2) is 5.78 Å². The molecule has 1 amide bonds. The summed E-state index contributed by atoms with van der Waals surface area (Å²) in [5.74, 6) is -0.718. The van der Waals surface area contributed by atoms with Crippen molar-refractivity contribution in [3.8, 4) is 0 Å². The number of hydrogen-bond donors (Lipinski definition) is 1. The van der Waals surface area contributed by atoms with Crippen molar-refractivity contribution in [1.82, 2.24) is 0 Å². The monoisotopic (exact) mass is 305 g/mol. The average Bonchev–Trinajstić information content (AvgIpc) is 2.39. The van der Waals surface area contributed by atoms with E-state index in [-0.39, 0.29) is 28.3 Å². The first-order chi connectivity index (χ1) is 9.96. The molecule has 120 valence electrons. The highest BCUT2D eigenvalue weighted by Crippen LogP contribution is 2.49. The molecule has 0 atom stereocenters. The number of anilines is 1. The van der Waals surface area contributed by atoms with E-state index in [0.717, 1.165) is 5.56 Å². The number of hydrogen-bond acceptors (Lipinski definition) is 2. The number of nitrogens with one attached hydrogen (secondary N) is 1. The average molecular weight is 305 g/mol. The van der Waals surface area contributed by atoms with Crippen LogP contribution >= 0.6 is 0 Å². The molecule has 0 saturated heterocycles. The maximum atomic E-state index is 14.3. The summed E-state index contributed by atoms with van der Waals surface area (Å²) in [4.78, 5) is 24.2. The van der Waals surface area contributed by atoms with E-state index in [1.807, 2.05) is 0 Å². The zero-order valence-corrected chi connectivity index (χ0v) is 14.2. The largest absolute Gasteiger partial charge is 0.326 e. The van der Waals surface area contributed by atoms with Gasteiger partial charge in [-0.05, 0) is 41.4 Å². The standard InChI is InChI=1S/C18H24FNO2/c1-10-12-8-17(3,4)18(5,6)9-15(22)16(12)14(7-13(10)19)20-11(2)21/h7H,8-9H2,1-6H3,(H,20,21). The maximum Gasteiger partial charge on any atom is 0.221 e. The summed E-state index contributed by atoms with van der Waals surface area (Å²) in [5, 5.41) is 2.61. The zero-order chi connectivity index (χ0) is 16.9. The zero-order valence-electron chi connectivity index (χ0n) is 14.2. The summed E-state index contributed by atoms with van der Waals surface area (Å²) in [6.07, 6.45) is 0.988. The molecule has 1 aromatic rings. The van der Waals surface area contributed by atoms with Crippen LogP contribution in [0.15, 0.2) is 6.07 Å². The normalized spacial score (nSPS) is 19.3. The van der Waals surface area contributed by atoms with E-state index >= 15 is 0 Å². The molecule has 0 radical (unpaired) electrons. The first-order valence-electron chi connectivity index (χ1n) is 7.59. The molecule has 0 bridgehead atoms. The van der Waals surface area contributed by atoms with E-state index < -0.39 is 0 Å². The molecule has 1 N–H and O–H groups in total. The maximum absolute atomic E-state index is 14.3. The number of ketones is 1. The summed E-state index contributed by atoms with van der Waals surface area (Å²) in [5.41, 5.74) is 1.64. The molecule has 22 heavy (non-hydrogen) atoms. The summed E-state index contributed by atoms with van der Waals surface area (Å²) in [6.45, 7) is 11.4. The van der Waals surface area contributed by atoms with Crippen molar-refractivity contribution in [3.63, 3.8) is 0 Å². The fourth-order valence-corrected chi connectivity index (χ4v) is 3.04. The fraction of sp³-hybridized carbons (Fsp3) is 0.556. The Bertz CT molecular complexity index is 660. The molecule has 0 saturated carbocycles. The highest BCUT2D eigenvalue weighted by atomic mass is 19.1. The number of amides is 1. The van der Waals surface area contributed by atoms with Gasteiger partial charge in [-0.25, -0.2) is 4.39 Å². The summed E-state index contributed by atoms with van der Waals surface area (Å²) in [6, 6.07) is 1.26. The van der Waals surface area contributed by atoms with Crippen molar-refractivity contribution in [3.05, 3.63) is 28.6 Å². The molecular formula is C18H24FNO2. The second-order valence-corrected chi connectivity index (χ2v) is 7.61. The van der Waals surface area contributed by atoms with Crippen molar-refractivity contribution in [2.24, 2.45) is 10.8 Å². The molecule has 3 nitrogen and oxygen atoms in total. The Balaban J connectivity index is 2.74. The van der Waals surface area contributed by atoms with Gasteiger partial charge in [0, 0.05) is 18.9 Å². The predicted octanol–water partition coefficient (Wildman–Crippen LogP) is 4.27. The van der Waals surface area contributed by atoms with Gasteiger partial charge in [0.1, 0.15) is 5.82 Å². The van der Waals surface area contributed by atoms with Crippen LogP contribution in [0.1, 0.15) is 62.5 Å². The Morgan fingerprint density at radius 1 is 1.18 bits per heavy atom. The lowest BCUT2D eigenvalue weighted by Crippen LogP contribution is -2.34. The van der Waals surface area contributed by atoms with Gasteiger partial charge in [-0.2, -0.15) is 0 Å². The van der Waals surface area contributed by atoms with Crippen LogP contribution in [0.3, 0.4) is 0 Å². The van der Waals surface area contributed by atoms with Gasteiger partial charge in [-0.15, -0.1) is 0 Å². The first-order valence-corrected chi connectivity index (χ1v) is 7.59. The summed E-state index contributed by atoms with van der Waals surface area (Å²) in [7, 11) is 0. The minimum atomic E-state index is -0.384. The van der Waals surface area contributed by atoms with Gasteiger partial charge in [0.2, 0.25) is 5.91 Å². The van der Waals surface area contributed by atoms with Crippen LogP contribution in [0.2, 0.25) is 0 Å². The van der Waals surface area contributed by atoms with Gasteiger partial charge < -0.3 is 5.32 Å². The highest BCUT2D eigenvalue weighted by Gasteiger charge is 2.43. The molecule has 0 heterocycles. The highest BCUT2D eigenvalue weighted by molar-refractivity contribution is 6.06. The van der Waals surface area contributed by atoms with Crippen molar-refractivity contribution in [1.29, 1.82) is 0 Å². The van der Waals surface area contributed by atoms with Crippen LogP contribution in [0, 0.1) is 23.6 Å². The predicted molar refractivity (Wildman–Crippen MR) is 85.7 cm³/mol. The van der Waals surface area contributed by atoms with Crippen molar-refractivity contribution < 1.29 is 14.0 Å². The quantitative estimate of drug-likeness (QED) is 0.787. The molecule has 0 aromatic heterocycles. The molecule has 1 aromatic carbocycles. The van der Waals surface area contributed by atoms with Crippen LogP contribution in [0.5, 0.6) is 0 Å². The number of fused-ring (bicyclic) bond motifs is 1. The number of carbonyl (C=O) groups is 2. The fourth-order valence-electron chi connectivity index (χ4n) is 3.04. The van der Waals surface area contributed by atoms with Crippen LogP contribution in [-0.2, 0) is 11.2 Å². The smallest absolute Gasteiger partial charge is 0.221 e. The lowest BCUT2D eigenvalue weighted by atomic mass is 9.64. The van der Waals surface area contributed by atoms with E-state index in [1.54, 1.807) is 6.92 Å². The van der Waals surface area contributed by atoms with E-state index in [0.29, 0.717) is 29.7 Å². The van der Waals surface area contributed by atoms with Gasteiger partial charge >= 0.3 is 0 Å². The molecule has 0 spiro atoms. The minimum absolute atomic E-state index is 0.0302. The Morgan fingerprint density at radius 2 is 1.73 bits per heavy atom. The lowest BCUT2D eigenvalue weighted by Gasteiger charge is -2.40. The van der Waals surface area contributed by atoms with Crippen LogP contribution in [0.25, 0.3) is 0 Å². The molecule has 0 fully saturated rings. The number of halogens is 1. The minimum Gasteiger partial charge on any atom is -0.326 e. The second kappa shape index (κ2) is 5.18. The number of rotatable bonds is 1. The topological polar surface area (TPSA) is 46.2 Å². The van der Waals surface area contributed by atoms with Crippen LogP contribution in [-0.4, -0.2) is 11.7 Å². The molecule has 2 rings (SSSR count). The summed E-state index contributed by atoms with van der Waals surface area (Å²) >= 11 is 0. The molecular weight excluding hydrogens is 281 g/mol. The van der Waals surface area contributed by atoms with Gasteiger partial charge in [-0.1, -0.05) is 27.7 Å². The Hall–Kier alpha value is -1.71. The number of benzene rings is 1. The molecule has 0 unspecified atom stereocenters. The number of Topliss-reactive ketones (excluding diaryl/α,β-unsaturated/α-hetero) is 1. The van der Waals surface area contributed by atoms with Crippen molar-refractivity contribution >= 4 is 17.4 Å². The third kappa shape index (κ3) is 2.67. The summed E-state index contributed by atoms with van der Waals surface area (Å²) < 4.78 is 14.3. The Labute approximate surface area is 131 Å². The van der Waals surface area contributed by atoms with Gasteiger partial charge in [0.05, 0.1) is 5.69 Å². The molecule has 0 aliphatic heterocycles. The van der Waals surface area contributed by atoms with E-state index in [9.17, 15) is 14.0 Å². The van der Waals surface area contributed by atoms with E-state index in [2.05, 4.69) is 33.0 Å². The lowest BCUT2D eigenvalue weighted by molar-refractivity contribution is -0.114. The molecule has 1 aliphatic rings. The van der Waals surface area contributed by atoms with Gasteiger partial charge in [-0.3, -0.25) is 9.59 Å². The van der Waals surface area contributed by atoms with Crippen molar-refractivity contribution in [2.75, 3.05) is 5.32 Å². The van der Waals surface area contributed by atoms with Crippen LogP contribution < -0.4 is 5.32 Å². The SMILES string of the molecule is CC(=O)Nc1cc(F)c(C)c2c1C(=O)CC(C)(C)C(C)(C)C2. The Morgan fingerprint density at radius 3 is 2.27 bits per heavy atom. The van der Waals surface area contributed by atoms with E-state index in [1.165, 1.54) is 13.0 Å². The third-order valence-corrected chi connectivity index (χ3v) is 5.30. The van der Waals surface area contributed by atoms with E-state index in [4.69, 9.17) is 0 Å². The first kappa shape index (κ1) is 16.7. The van der Waals surface area contributed by atoms with Gasteiger partial charge in [0.25, 0.3) is 0 Å². The second-order valence-electron chi connectivity index (χ2n) is 7.61. The third-order valence-electron chi connectivity index (χ3n) is 5.30.